The zero-order chi connectivity index (χ0) is 77.2. The molecule has 5 heterocycles. The molecule has 9 aromatic carbocycles. The van der Waals surface area contributed by atoms with E-state index in [1.165, 1.54) is 11.6 Å². The third-order valence-corrected chi connectivity index (χ3v) is 25.2. The first-order valence-electron chi connectivity index (χ1n) is 36.4. The van der Waals surface area contributed by atoms with Crippen LogP contribution < -0.4 is 34.9 Å². The Balaban J connectivity index is 0.000000138. The predicted octanol–water partition coefficient (Wildman–Crippen LogP) is 14.1. The van der Waals surface area contributed by atoms with Crippen LogP contribution in [0.2, 0.25) is 0 Å². The van der Waals surface area contributed by atoms with Gasteiger partial charge in [-0.05, 0) is 165 Å². The molecule has 12 aromatic rings. The molecule has 0 radical (unpaired) electrons. The summed E-state index contributed by atoms with van der Waals surface area (Å²) in [5.41, 5.74) is 11.6. The number of alkyl halides is 2. The number of hydrogen-bond donors (Lipinski definition) is 3. The van der Waals surface area contributed by atoms with E-state index in [-0.39, 0.29) is 74.8 Å². The van der Waals surface area contributed by atoms with Gasteiger partial charge in [-0.3, -0.25) is 14.4 Å². The minimum absolute atomic E-state index is 0.00710. The Labute approximate surface area is 635 Å². The Kier molecular flexibility index (Phi) is 21.5. The minimum Gasteiger partial charge on any atom is -0.486 e. The predicted molar refractivity (Wildman–Crippen MR) is 412 cm³/mol. The highest BCUT2D eigenvalue weighted by atomic mass is 32.2. The summed E-state index contributed by atoms with van der Waals surface area (Å²) in [5.74, 6) is 4.45. The average molecular weight is 1550 g/mol. The van der Waals surface area contributed by atoms with Crippen molar-refractivity contribution in [2.24, 2.45) is 0 Å². The first-order chi connectivity index (χ1) is 52.9. The maximum atomic E-state index is 13.8. The van der Waals surface area contributed by atoms with Crippen LogP contribution in [0.25, 0.3) is 33.1 Å². The molecule has 0 unspecified atom stereocenters. The molecule has 3 aromatic heterocycles. The summed E-state index contributed by atoms with van der Waals surface area (Å²) in [4.78, 5) is 53.9. The van der Waals surface area contributed by atoms with Crippen LogP contribution in [0.3, 0.4) is 0 Å². The van der Waals surface area contributed by atoms with Gasteiger partial charge in [0.25, 0.3) is 17.7 Å². The molecule has 110 heavy (non-hydrogen) atoms. The number of imidazole rings is 3. The first kappa shape index (κ1) is 75.5. The number of amides is 3. The van der Waals surface area contributed by atoms with Gasteiger partial charge in [-0.2, -0.15) is 0 Å². The van der Waals surface area contributed by atoms with E-state index in [0.29, 0.717) is 71.4 Å². The third kappa shape index (κ3) is 16.6. The maximum absolute atomic E-state index is 13.8. The zero-order valence-corrected chi connectivity index (χ0v) is 63.5. The number of fused-ring (bicyclic) bond motifs is 5. The van der Waals surface area contributed by atoms with Crippen molar-refractivity contribution >= 4 is 80.3 Å². The third-order valence-electron chi connectivity index (χ3n) is 19.9. The molecule has 27 heteroatoms. The van der Waals surface area contributed by atoms with Crippen molar-refractivity contribution in [1.29, 1.82) is 0 Å². The maximum Gasteiger partial charge on any atom is 0.586 e. The molecule has 2 aliphatic heterocycles. The highest BCUT2D eigenvalue weighted by Crippen LogP contribution is 2.49. The molecule has 2 aliphatic carbocycles. The second kappa shape index (κ2) is 31.4. The van der Waals surface area contributed by atoms with Crippen molar-refractivity contribution in [2.75, 3.05) is 30.5 Å². The smallest absolute Gasteiger partial charge is 0.486 e. The highest BCUT2D eigenvalue weighted by Gasteiger charge is 2.45. The van der Waals surface area contributed by atoms with Crippen LogP contribution in [0.5, 0.6) is 23.0 Å². The lowest BCUT2D eigenvalue weighted by molar-refractivity contribution is -0.287. The number of nitrogens with one attached hydrogen (secondary N) is 3. The molecule has 2 saturated carbocycles. The van der Waals surface area contributed by atoms with Gasteiger partial charge < -0.3 is 48.6 Å². The molecular formula is C83H81F2N9O13S3. The van der Waals surface area contributed by atoms with Gasteiger partial charge in [0.2, 0.25) is 0 Å². The molecule has 2 fully saturated rings. The molecule has 568 valence electrons. The fourth-order valence-corrected chi connectivity index (χ4v) is 16.1. The number of nitrogens with zero attached hydrogens (tertiary/aromatic N) is 6. The second-order valence-electron chi connectivity index (χ2n) is 27.4. The summed E-state index contributed by atoms with van der Waals surface area (Å²) in [5, 5.41) is 8.69. The van der Waals surface area contributed by atoms with Crippen molar-refractivity contribution in [3.05, 3.63) is 262 Å². The van der Waals surface area contributed by atoms with Gasteiger partial charge in [0.1, 0.15) is 30.7 Å². The zero-order valence-electron chi connectivity index (χ0n) is 61.1. The van der Waals surface area contributed by atoms with Gasteiger partial charge in [0, 0.05) is 65.8 Å². The molecule has 4 aliphatic rings. The molecule has 0 spiro atoms. The summed E-state index contributed by atoms with van der Waals surface area (Å²) in [7, 11) is -9.76. The Bertz CT molecular complexity index is 5850. The van der Waals surface area contributed by atoms with Crippen LogP contribution in [-0.4, -0.2) is 108 Å². The first-order valence-corrected chi connectivity index (χ1v) is 41.4. The molecule has 0 saturated heterocycles. The quantitative estimate of drug-likeness (QED) is 0.0536. The standard InChI is InChI=1S/C29H27F2N3O5S.C29H29N3O5S.C25H25N3O3S/c1-3-40(36,37)21-12-7-18(8-13-21)16-32-28(35)20-11-14-24-23(15-20)33-27(19-9-10-19)34(24)17(2)22-5-4-6-25-26(22)39-29(30,31)38-25;1-2-38(34,35)23-11-6-19(7-12-23)17-30-29(33)21-10-13-25-24(16-21)31-28(20-8-9-20)32(25)18-22-4-3-5-26-27(22)37-15-14-36-26;1-3-32(30,31)22-12-9-19(10-13-22)16-26-25(29)21-11-14-24-23(15-21)27-18(2)28(24)17-20-7-5-4-6-8-20/h4-8,11-15,17,19H,3,9-10,16H2,1-2H3,(H,32,35);3-7,10-13,16,20H,2,8-9,14-15,17-18H2,1H3,(H,30,33);4-15H,3,16-17H2,1-2H3,(H,26,29)/t17-;;/m1../s1. The second-order valence-corrected chi connectivity index (χ2v) is 34.3. The summed E-state index contributed by atoms with van der Waals surface area (Å²) < 4.78 is 127. The Morgan fingerprint density at radius 1 is 0.473 bits per heavy atom. The number of aryl methyl sites for hydroxylation is 1. The van der Waals surface area contributed by atoms with Gasteiger partial charge in [-0.25, -0.2) is 40.2 Å². The summed E-state index contributed by atoms with van der Waals surface area (Å²) in [6, 6.07) is 56.7. The fourth-order valence-electron chi connectivity index (χ4n) is 13.4. The average Bonchev–Trinajstić information content (AvgIpc) is 1.60. The van der Waals surface area contributed by atoms with Crippen LogP contribution in [-0.2, 0) is 62.2 Å². The SMILES string of the molecule is CCS(=O)(=O)c1ccc(CNC(=O)c2ccc3c(c2)nc(C)n3Cc2ccccc2)cc1.CCS(=O)(=O)c1ccc(CNC(=O)c2ccc3c(c2)nc(C2CC2)n3Cc2cccc3c2OCCO3)cc1.CCS(=O)(=O)c1ccc(CNC(=O)c2ccc3c(c2)nc(C2CC2)n3[C@H](C)c2cccc3c2OC(F)(F)O3)cc1. The van der Waals surface area contributed by atoms with E-state index in [1.54, 1.807) is 130 Å². The number of aromatic nitrogens is 6. The number of hydrogen-bond acceptors (Lipinski definition) is 16. The van der Waals surface area contributed by atoms with Gasteiger partial charge in [0.05, 0.1) is 77.6 Å². The molecule has 16 rings (SSSR count). The van der Waals surface area contributed by atoms with E-state index < -0.39 is 35.8 Å². The van der Waals surface area contributed by atoms with Gasteiger partial charge in [-0.1, -0.05) is 112 Å². The molecule has 0 bridgehead atoms. The minimum atomic E-state index is -3.72. The normalized spacial score (nSPS) is 14.6. The number of benzene rings is 9. The fraction of sp³-hybridized carbons (Fsp3) is 0.277. The van der Waals surface area contributed by atoms with Crippen LogP contribution in [0.15, 0.2) is 209 Å². The lowest BCUT2D eigenvalue weighted by Gasteiger charge is -2.21. The van der Waals surface area contributed by atoms with Crippen molar-refractivity contribution in [1.82, 2.24) is 44.6 Å². The van der Waals surface area contributed by atoms with Crippen molar-refractivity contribution in [3.8, 4) is 23.0 Å². The largest absolute Gasteiger partial charge is 0.586 e. The monoisotopic (exact) mass is 1550 g/mol. The van der Waals surface area contributed by atoms with E-state index in [9.17, 15) is 48.4 Å². The molecular weight excluding hydrogens is 1470 g/mol. The van der Waals surface area contributed by atoms with Crippen molar-refractivity contribution in [2.45, 2.75) is 132 Å². The van der Waals surface area contributed by atoms with E-state index in [4.69, 9.17) is 24.2 Å². The Hall–Kier alpha value is -11.3. The van der Waals surface area contributed by atoms with E-state index in [1.807, 2.05) is 79.1 Å². The Morgan fingerprint density at radius 3 is 1.43 bits per heavy atom. The number of halogens is 2. The van der Waals surface area contributed by atoms with E-state index in [0.717, 1.165) is 111 Å². The number of rotatable bonds is 23. The summed E-state index contributed by atoms with van der Waals surface area (Å²) >= 11 is 0. The number of sulfone groups is 3. The van der Waals surface area contributed by atoms with Crippen LogP contribution in [0.4, 0.5) is 8.78 Å². The number of para-hydroxylation sites is 2. The van der Waals surface area contributed by atoms with E-state index >= 15 is 0 Å². The number of ether oxygens (including phenoxy) is 4. The lowest BCUT2D eigenvalue weighted by atomic mass is 10.1. The van der Waals surface area contributed by atoms with Gasteiger partial charge >= 0.3 is 6.29 Å². The number of carbonyl (C=O) groups is 3. The van der Waals surface area contributed by atoms with E-state index in [2.05, 4.69) is 53.0 Å². The van der Waals surface area contributed by atoms with Gasteiger partial charge in [0.15, 0.2) is 52.5 Å². The summed E-state index contributed by atoms with van der Waals surface area (Å²) in [6.07, 6.45) is 0.466. The van der Waals surface area contributed by atoms with Crippen LogP contribution >= 0.6 is 0 Å². The van der Waals surface area contributed by atoms with Crippen LogP contribution in [0.1, 0.15) is 153 Å². The lowest BCUT2D eigenvalue weighted by Crippen LogP contribution is -2.26. The van der Waals surface area contributed by atoms with Crippen LogP contribution in [0, 0.1) is 6.92 Å². The number of carbonyl (C=O) groups excluding carboxylic acids is 3. The molecule has 3 N–H and O–H groups in total. The van der Waals surface area contributed by atoms with Crippen molar-refractivity contribution in [3.63, 3.8) is 0 Å². The Morgan fingerprint density at radius 2 is 0.918 bits per heavy atom. The highest BCUT2D eigenvalue weighted by molar-refractivity contribution is 7.92. The van der Waals surface area contributed by atoms with Crippen molar-refractivity contribution < 1.29 is 67.4 Å². The summed E-state index contributed by atoms with van der Waals surface area (Å²) in [6.45, 7) is 12.0. The van der Waals surface area contributed by atoms with Gasteiger partial charge in [-0.15, -0.1) is 8.78 Å². The molecule has 3 amide bonds. The molecule has 22 nitrogen and oxygen atoms in total. The molecule has 1 atom stereocenters. The topological polar surface area (TPSA) is 280 Å².